The molecule has 2 amide bonds. The number of halogens is 1. The zero-order chi connectivity index (χ0) is 33.4. The normalized spacial score (nSPS) is 17.6. The van der Waals surface area contributed by atoms with Gasteiger partial charge in [-0.25, -0.2) is 0 Å². The highest BCUT2D eigenvalue weighted by atomic mass is 35.5. The third-order valence-corrected chi connectivity index (χ3v) is 10.2. The number of hydrogen-bond acceptors (Lipinski definition) is 8. The van der Waals surface area contributed by atoms with Crippen molar-refractivity contribution in [2.75, 3.05) is 26.7 Å². The second-order valence-corrected chi connectivity index (χ2v) is 13.4. The summed E-state index contributed by atoms with van der Waals surface area (Å²) in [7, 11) is 1.56. The van der Waals surface area contributed by atoms with Crippen LogP contribution in [0.2, 0.25) is 5.02 Å². The van der Waals surface area contributed by atoms with Gasteiger partial charge >= 0.3 is 0 Å². The Morgan fingerprint density at radius 2 is 1.72 bits per heavy atom. The number of nitrogens with zero attached hydrogens (tertiary/aromatic N) is 6. The summed E-state index contributed by atoms with van der Waals surface area (Å²) < 4.78 is 7.17. The number of aromatic nitrogens is 3. The third-order valence-electron chi connectivity index (χ3n) is 8.74. The molecule has 0 aliphatic carbocycles. The van der Waals surface area contributed by atoms with Gasteiger partial charge in [-0.1, -0.05) is 23.7 Å². The summed E-state index contributed by atoms with van der Waals surface area (Å²) in [6, 6.07) is 13.5. The number of fused-ring (bicyclic) bond motifs is 3. The van der Waals surface area contributed by atoms with Gasteiger partial charge in [0, 0.05) is 58.3 Å². The number of rotatable bonds is 7. The fraction of sp³-hybridized carbons (Fsp3) is 0.314. The predicted molar refractivity (Wildman–Crippen MR) is 182 cm³/mol. The van der Waals surface area contributed by atoms with E-state index < -0.39 is 6.04 Å². The number of piperazine rings is 1. The van der Waals surface area contributed by atoms with E-state index in [1.54, 1.807) is 52.5 Å². The molecule has 0 saturated carbocycles. The Kier molecular flexibility index (Phi) is 9.11. The number of ether oxygens (including phenoxy) is 1. The minimum Gasteiger partial charge on any atom is -0.497 e. The molecule has 2 aromatic carbocycles. The molecule has 4 heterocycles. The standard InChI is InChI=1S/C35H35ClN6O4S/c1-20-19-40(16-17-41(20)30(44)15-14-29(43)24-8-12-27(46-5)13-9-24)31(45)18-28-34-39-38-23(4)42(34)35-32(21(2)22(3)47-35)33(37-28)25-6-10-26(36)11-7-25/h6-15,20,28H,16-19H2,1-5H3/b15-14+/t20-,28-/m0/s1. The molecule has 4 aromatic rings. The smallest absolute Gasteiger partial charge is 0.247 e. The van der Waals surface area contributed by atoms with E-state index in [0.29, 0.717) is 41.8 Å². The number of methoxy groups -OCH3 is 1. The number of hydrogen-bond donors (Lipinski definition) is 0. The van der Waals surface area contributed by atoms with E-state index in [4.69, 9.17) is 21.3 Å². The first-order valence-corrected chi connectivity index (χ1v) is 16.6. The van der Waals surface area contributed by atoms with E-state index in [1.807, 2.05) is 42.7 Å². The lowest BCUT2D eigenvalue weighted by Crippen LogP contribution is -2.55. The number of carbonyl (C=O) groups excluding carboxylic acids is 3. The molecule has 10 nitrogen and oxygen atoms in total. The third kappa shape index (κ3) is 6.37. The van der Waals surface area contributed by atoms with E-state index in [0.717, 1.165) is 33.2 Å². The molecule has 1 saturated heterocycles. The number of benzene rings is 2. The Bertz CT molecular complexity index is 1910. The zero-order valence-corrected chi connectivity index (χ0v) is 28.4. The summed E-state index contributed by atoms with van der Waals surface area (Å²) in [6.45, 7) is 9.08. The van der Waals surface area contributed by atoms with E-state index in [-0.39, 0.29) is 30.1 Å². The molecule has 2 aromatic heterocycles. The van der Waals surface area contributed by atoms with Crippen molar-refractivity contribution in [1.82, 2.24) is 24.6 Å². The van der Waals surface area contributed by atoms with Crippen LogP contribution in [0.4, 0.5) is 0 Å². The van der Waals surface area contributed by atoms with Crippen LogP contribution in [-0.4, -0.2) is 80.7 Å². The first-order valence-electron chi connectivity index (χ1n) is 15.4. The molecule has 12 heteroatoms. The first kappa shape index (κ1) is 32.3. The Morgan fingerprint density at radius 3 is 2.40 bits per heavy atom. The van der Waals surface area contributed by atoms with Crippen molar-refractivity contribution >= 4 is 46.2 Å². The van der Waals surface area contributed by atoms with Crippen molar-refractivity contribution in [2.45, 2.75) is 46.2 Å². The van der Waals surface area contributed by atoms with Crippen molar-refractivity contribution in [3.8, 4) is 10.8 Å². The molecule has 1 fully saturated rings. The van der Waals surface area contributed by atoms with Crippen molar-refractivity contribution < 1.29 is 19.1 Å². The second-order valence-electron chi connectivity index (χ2n) is 11.8. The van der Waals surface area contributed by atoms with E-state index in [2.05, 4.69) is 24.0 Å². The van der Waals surface area contributed by atoms with Crippen LogP contribution in [0.15, 0.2) is 65.7 Å². The van der Waals surface area contributed by atoms with Crippen LogP contribution in [0.1, 0.15) is 63.0 Å². The van der Waals surface area contributed by atoms with Gasteiger partial charge in [0.05, 0.1) is 19.2 Å². The summed E-state index contributed by atoms with van der Waals surface area (Å²) in [5.41, 5.74) is 4.29. The summed E-state index contributed by atoms with van der Waals surface area (Å²) in [6.07, 6.45) is 2.69. The Labute approximate surface area is 282 Å². The fourth-order valence-electron chi connectivity index (χ4n) is 6.03. The Morgan fingerprint density at radius 1 is 1.00 bits per heavy atom. The number of carbonyl (C=O) groups is 3. The Balaban J connectivity index is 1.20. The lowest BCUT2D eigenvalue weighted by atomic mass is 9.99. The van der Waals surface area contributed by atoms with Gasteiger partial charge in [0.2, 0.25) is 11.8 Å². The maximum atomic E-state index is 13.9. The molecule has 2 aliphatic rings. The van der Waals surface area contributed by atoms with Crippen molar-refractivity contribution in [3.63, 3.8) is 0 Å². The van der Waals surface area contributed by atoms with Gasteiger partial charge in [-0.05, 0) is 75.7 Å². The SMILES string of the molecule is COc1ccc(C(=O)/C=C/C(=O)N2CCN(C(=O)C[C@@H]3N=C(c4ccc(Cl)cc4)c4c(sc(C)c4C)-n4c(C)nnc43)C[C@@H]2C)cc1. The van der Waals surface area contributed by atoms with Crippen molar-refractivity contribution in [2.24, 2.45) is 4.99 Å². The van der Waals surface area contributed by atoms with Gasteiger partial charge in [0.25, 0.3) is 0 Å². The van der Waals surface area contributed by atoms with Crippen molar-refractivity contribution in [1.29, 1.82) is 0 Å². The summed E-state index contributed by atoms with van der Waals surface area (Å²) >= 11 is 7.89. The van der Waals surface area contributed by atoms with Gasteiger partial charge in [-0.2, -0.15) is 0 Å². The lowest BCUT2D eigenvalue weighted by Gasteiger charge is -2.39. The summed E-state index contributed by atoms with van der Waals surface area (Å²) in [5.74, 6) is 1.38. The molecule has 242 valence electrons. The second kappa shape index (κ2) is 13.2. The molecule has 2 aliphatic heterocycles. The summed E-state index contributed by atoms with van der Waals surface area (Å²) in [4.78, 5) is 49.4. The van der Waals surface area contributed by atoms with Crippen LogP contribution in [0.5, 0.6) is 5.75 Å². The molecular weight excluding hydrogens is 636 g/mol. The molecular formula is C35H35ClN6O4S. The Hall–Kier alpha value is -4.61. The maximum absolute atomic E-state index is 13.9. The van der Waals surface area contributed by atoms with E-state index in [9.17, 15) is 14.4 Å². The van der Waals surface area contributed by atoms with Crippen LogP contribution >= 0.6 is 22.9 Å². The first-order chi connectivity index (χ1) is 22.5. The zero-order valence-electron chi connectivity index (χ0n) is 26.9. The predicted octanol–water partition coefficient (Wildman–Crippen LogP) is 5.70. The highest BCUT2D eigenvalue weighted by Crippen LogP contribution is 2.39. The average Bonchev–Trinajstić information content (AvgIpc) is 3.55. The molecule has 6 rings (SSSR count). The number of allylic oxidation sites excluding steroid dienone is 1. The molecule has 0 unspecified atom stereocenters. The van der Waals surface area contributed by atoms with Crippen LogP contribution in [0.25, 0.3) is 5.00 Å². The van der Waals surface area contributed by atoms with Crippen LogP contribution in [-0.2, 0) is 9.59 Å². The van der Waals surface area contributed by atoms with Crippen LogP contribution in [0.3, 0.4) is 0 Å². The van der Waals surface area contributed by atoms with Gasteiger partial charge in [0.1, 0.15) is 22.6 Å². The topological polar surface area (TPSA) is 110 Å². The number of aliphatic imine (C=N–C) groups is 1. The van der Waals surface area contributed by atoms with E-state index >= 15 is 0 Å². The fourth-order valence-corrected chi connectivity index (χ4v) is 7.37. The van der Waals surface area contributed by atoms with Crippen molar-refractivity contribution in [3.05, 3.63) is 104 Å². The number of aryl methyl sites for hydroxylation is 2. The molecule has 2 atom stereocenters. The number of thiophene rings is 1. The quantitative estimate of drug-likeness (QED) is 0.184. The minimum atomic E-state index is -0.574. The monoisotopic (exact) mass is 670 g/mol. The molecule has 0 radical (unpaired) electrons. The van der Waals surface area contributed by atoms with Gasteiger partial charge in [0.15, 0.2) is 11.6 Å². The maximum Gasteiger partial charge on any atom is 0.247 e. The highest BCUT2D eigenvalue weighted by molar-refractivity contribution is 7.15. The van der Waals surface area contributed by atoms with Gasteiger partial charge < -0.3 is 14.5 Å². The minimum absolute atomic E-state index is 0.0799. The average molecular weight is 671 g/mol. The molecule has 0 bridgehead atoms. The lowest BCUT2D eigenvalue weighted by molar-refractivity contribution is -0.140. The molecule has 0 spiro atoms. The van der Waals surface area contributed by atoms with Crippen LogP contribution in [0, 0.1) is 20.8 Å². The number of amides is 2. The molecule has 0 N–H and O–H groups in total. The largest absolute Gasteiger partial charge is 0.497 e. The number of ketones is 1. The van der Waals surface area contributed by atoms with Gasteiger partial charge in [-0.15, -0.1) is 21.5 Å². The summed E-state index contributed by atoms with van der Waals surface area (Å²) in [5, 5.41) is 10.5. The molecule has 47 heavy (non-hydrogen) atoms. The van der Waals surface area contributed by atoms with E-state index in [1.165, 1.54) is 17.0 Å². The van der Waals surface area contributed by atoms with Crippen LogP contribution < -0.4 is 4.74 Å². The highest BCUT2D eigenvalue weighted by Gasteiger charge is 2.35. The van der Waals surface area contributed by atoms with Gasteiger partial charge in [-0.3, -0.25) is 23.9 Å².